The van der Waals surface area contributed by atoms with E-state index < -0.39 is 91.5 Å². The first kappa shape index (κ1) is 123. The SMILES string of the molecule is CC/C=C\C/C=C\C/C=C\C/C=C\C/C=C\C/C=C\CCCCCCCCCCCCC(=O)OCC(COP(=O)(O)OCC(O)COP(=O)(O)OCC(O)COC(=O)CCCCCCCCCCCCCCCCCCCCC/C=C\C/C=C\C/C=C\C/C=C\C/C=C\CC)OC(=O)CCCCCCCCCCCCCCC/C=C\C/C=C\C/C=C\C/C=C\C/C=C\CC. The van der Waals surface area contributed by atoms with Crippen molar-refractivity contribution in [1.29, 1.82) is 0 Å². The van der Waals surface area contributed by atoms with E-state index >= 15 is 0 Å². The predicted molar refractivity (Wildman–Crippen MR) is 546 cm³/mol. The Morgan fingerprint density at radius 1 is 0.217 bits per heavy atom. The second-order valence-corrected chi connectivity index (χ2v) is 37.1. The van der Waals surface area contributed by atoms with Gasteiger partial charge in [0.1, 0.15) is 25.4 Å². The van der Waals surface area contributed by atoms with Gasteiger partial charge in [0.2, 0.25) is 0 Å². The zero-order valence-electron chi connectivity index (χ0n) is 81.8. The molecule has 0 aliphatic heterocycles. The van der Waals surface area contributed by atoms with E-state index in [0.29, 0.717) is 19.3 Å². The fourth-order valence-corrected chi connectivity index (χ4v) is 15.7. The van der Waals surface area contributed by atoms with Crippen LogP contribution in [0.25, 0.3) is 0 Å². The monoisotopic (exact) mass is 1840 g/mol. The summed E-state index contributed by atoms with van der Waals surface area (Å²) in [6, 6.07) is 0. The van der Waals surface area contributed by atoms with Crippen LogP contribution in [0.15, 0.2) is 194 Å². The first-order valence-corrected chi connectivity index (χ1v) is 54.7. The molecule has 0 rings (SSSR count). The number of aliphatic hydroxyl groups excluding tert-OH is 2. The minimum Gasteiger partial charge on any atom is -0.463 e. The molecule has 0 saturated heterocycles. The quantitative estimate of drug-likeness (QED) is 0.0146. The highest BCUT2D eigenvalue weighted by Crippen LogP contribution is 2.45. The second-order valence-electron chi connectivity index (χ2n) is 34.2. The Balaban J connectivity index is 4.60. The first-order valence-electron chi connectivity index (χ1n) is 51.7. The van der Waals surface area contributed by atoms with Gasteiger partial charge < -0.3 is 34.2 Å². The molecule has 0 aromatic carbocycles. The molecule has 0 spiro atoms. The Kier molecular flexibility index (Phi) is 97.0. The predicted octanol–water partition coefficient (Wildman–Crippen LogP) is 32.9. The Labute approximate surface area is 788 Å². The third kappa shape index (κ3) is 103. The minimum absolute atomic E-state index is 0.0969. The van der Waals surface area contributed by atoms with Crippen molar-refractivity contribution in [2.24, 2.45) is 0 Å². The summed E-state index contributed by atoms with van der Waals surface area (Å²) in [5, 5.41) is 20.8. The lowest BCUT2D eigenvalue weighted by Crippen LogP contribution is -2.30. The number of phosphoric ester groups is 2. The van der Waals surface area contributed by atoms with Gasteiger partial charge in [-0.25, -0.2) is 9.13 Å². The average Bonchev–Trinajstić information content (AvgIpc) is 0.897. The Bertz CT molecular complexity index is 3130. The van der Waals surface area contributed by atoms with Gasteiger partial charge in [-0.2, -0.15) is 0 Å². The molecule has 0 amide bonds. The van der Waals surface area contributed by atoms with Crippen molar-refractivity contribution in [3.05, 3.63) is 194 Å². The van der Waals surface area contributed by atoms with Gasteiger partial charge in [0.25, 0.3) is 0 Å². The van der Waals surface area contributed by atoms with Crippen molar-refractivity contribution in [3.8, 4) is 0 Å². The van der Waals surface area contributed by atoms with E-state index in [1.165, 1.54) is 186 Å². The van der Waals surface area contributed by atoms with Crippen LogP contribution in [0.3, 0.4) is 0 Å². The molecule has 738 valence electrons. The molecule has 0 aromatic heterocycles. The molecule has 4 N–H and O–H groups in total. The zero-order valence-corrected chi connectivity index (χ0v) is 83.6. The number of rotatable bonds is 97. The summed E-state index contributed by atoms with van der Waals surface area (Å²) in [5.41, 5.74) is 0. The Morgan fingerprint density at radius 2 is 0.388 bits per heavy atom. The third-order valence-corrected chi connectivity index (χ3v) is 23.7. The number of ether oxygens (including phenoxy) is 3. The van der Waals surface area contributed by atoms with Crippen LogP contribution in [0.2, 0.25) is 0 Å². The molecule has 0 bridgehead atoms. The normalized spacial score (nSPS) is 14.4. The molecule has 0 radical (unpaired) electrons. The molecule has 129 heavy (non-hydrogen) atoms. The number of phosphoric acid groups is 2. The largest absolute Gasteiger partial charge is 0.472 e. The molecule has 0 fully saturated rings. The lowest BCUT2D eigenvalue weighted by Gasteiger charge is -2.21. The van der Waals surface area contributed by atoms with E-state index in [0.717, 1.165) is 186 Å². The van der Waals surface area contributed by atoms with Crippen LogP contribution in [-0.4, -0.2) is 95.9 Å². The number of allylic oxidation sites excluding steroid dienone is 32. The molecule has 0 aromatic rings. The second kappa shape index (κ2) is 101. The van der Waals surface area contributed by atoms with Crippen molar-refractivity contribution in [2.45, 2.75) is 450 Å². The highest BCUT2D eigenvalue weighted by Gasteiger charge is 2.30. The van der Waals surface area contributed by atoms with Crippen molar-refractivity contribution >= 4 is 33.6 Å². The fourth-order valence-electron chi connectivity index (χ4n) is 14.1. The standard InChI is InChI=1S/C111H188O16P2/c1-4-7-10-13-16-19-22-25-28-31-34-37-40-43-46-49-50-51-52-53-54-57-59-61-64-67-70-73-76-79-82-85-88-91-94-97-109(114)121-100-106(112)101-123-128(117,118)124-102-107(113)103-125-129(119,120)126-105-108(127-111(116)99-96-93-90-87-84-81-78-75-72-69-66-63-60-56-48-45-42-39-36-33-30-27-24-21-18-15-12-9-6-3)104-122-110(115)98-95-92-89-86-83-80-77-74-71-68-65-62-58-55-47-44-41-38-35-32-29-26-23-20-17-14-11-8-5-2/h7-12,16-21,25-30,34-39,43-48,58,62,106-108,112-113H,4-6,13-15,22-24,31-33,40-42,49-57,59-61,63-105H2,1-3H3,(H,117,118)(H,119,120)/b10-7-,11-8-,12-9-,19-16-,20-17-,21-18-,28-25-,29-26-,30-27-,37-34-,38-35-,39-36-,46-43-,47-44-,48-45-,62-58-. The van der Waals surface area contributed by atoms with Crippen molar-refractivity contribution in [2.75, 3.05) is 39.6 Å². The van der Waals surface area contributed by atoms with Crippen LogP contribution in [0.1, 0.15) is 432 Å². The average molecular weight is 1840 g/mol. The molecule has 0 heterocycles. The summed E-state index contributed by atoms with van der Waals surface area (Å²) < 4.78 is 61.7. The van der Waals surface area contributed by atoms with Crippen molar-refractivity contribution in [1.82, 2.24) is 0 Å². The van der Waals surface area contributed by atoms with Crippen LogP contribution in [0.5, 0.6) is 0 Å². The Hall–Kier alpha value is -5.61. The lowest BCUT2D eigenvalue weighted by molar-refractivity contribution is -0.161. The van der Waals surface area contributed by atoms with E-state index in [2.05, 4.69) is 215 Å². The van der Waals surface area contributed by atoms with Gasteiger partial charge >= 0.3 is 33.6 Å². The van der Waals surface area contributed by atoms with Crippen LogP contribution in [0, 0.1) is 0 Å². The van der Waals surface area contributed by atoms with Crippen LogP contribution >= 0.6 is 15.6 Å². The first-order chi connectivity index (χ1) is 63.2. The zero-order chi connectivity index (χ0) is 93.5. The summed E-state index contributed by atoms with van der Waals surface area (Å²) in [5.74, 6) is -1.57. The highest BCUT2D eigenvalue weighted by molar-refractivity contribution is 7.47. The molecule has 0 aliphatic rings. The van der Waals surface area contributed by atoms with Gasteiger partial charge in [-0.15, -0.1) is 0 Å². The van der Waals surface area contributed by atoms with Gasteiger partial charge in [0.05, 0.1) is 26.4 Å². The number of carbonyl (C=O) groups is 3. The number of hydrogen-bond acceptors (Lipinski definition) is 14. The summed E-state index contributed by atoms with van der Waals surface area (Å²) >= 11 is 0. The number of aliphatic hydroxyl groups is 2. The third-order valence-electron chi connectivity index (χ3n) is 21.8. The maximum Gasteiger partial charge on any atom is 0.472 e. The summed E-state index contributed by atoms with van der Waals surface area (Å²) in [4.78, 5) is 59.2. The summed E-state index contributed by atoms with van der Waals surface area (Å²) in [6.45, 7) is 2.40. The van der Waals surface area contributed by atoms with E-state index in [1.54, 1.807) is 0 Å². The number of esters is 3. The number of carbonyl (C=O) groups excluding carboxylic acids is 3. The van der Waals surface area contributed by atoms with E-state index in [-0.39, 0.29) is 19.3 Å². The smallest absolute Gasteiger partial charge is 0.463 e. The van der Waals surface area contributed by atoms with Gasteiger partial charge in [-0.05, 0) is 161 Å². The van der Waals surface area contributed by atoms with Crippen molar-refractivity contribution < 1.29 is 75.8 Å². The van der Waals surface area contributed by atoms with Crippen molar-refractivity contribution in [3.63, 3.8) is 0 Å². The number of unbranched alkanes of at least 4 members (excludes halogenated alkanes) is 42. The van der Waals surface area contributed by atoms with Crippen LogP contribution in [-0.2, 0) is 55.8 Å². The molecule has 18 heteroatoms. The van der Waals surface area contributed by atoms with Gasteiger partial charge in [-0.1, -0.05) is 446 Å². The number of hydrogen-bond donors (Lipinski definition) is 4. The van der Waals surface area contributed by atoms with Gasteiger partial charge in [0.15, 0.2) is 6.10 Å². The van der Waals surface area contributed by atoms with Gasteiger partial charge in [0, 0.05) is 19.3 Å². The van der Waals surface area contributed by atoms with E-state index in [4.69, 9.17) is 32.3 Å². The van der Waals surface area contributed by atoms with Gasteiger partial charge in [-0.3, -0.25) is 32.5 Å². The highest BCUT2D eigenvalue weighted by atomic mass is 31.2. The maximum absolute atomic E-state index is 13.1. The molecule has 0 aliphatic carbocycles. The molecule has 5 unspecified atom stereocenters. The molecular formula is C111H188O16P2. The molecule has 5 atom stereocenters. The topological polar surface area (TPSA) is 231 Å². The molecule has 0 saturated carbocycles. The van der Waals surface area contributed by atoms with E-state index in [9.17, 15) is 43.5 Å². The molecular weight excluding hydrogens is 1650 g/mol. The van der Waals surface area contributed by atoms with E-state index in [1.807, 2.05) is 0 Å². The summed E-state index contributed by atoms with van der Waals surface area (Å²) in [6.07, 6.45) is 136. The summed E-state index contributed by atoms with van der Waals surface area (Å²) in [7, 11) is -9.82. The fraction of sp³-hybridized carbons (Fsp3) is 0.685. The Morgan fingerprint density at radius 3 is 0.612 bits per heavy atom. The maximum atomic E-state index is 13.1. The minimum atomic E-state index is -4.95. The van der Waals surface area contributed by atoms with Crippen LogP contribution in [0.4, 0.5) is 0 Å². The molecule has 16 nitrogen and oxygen atoms in total. The lowest BCUT2D eigenvalue weighted by atomic mass is 10.0. The van der Waals surface area contributed by atoms with Crippen LogP contribution < -0.4 is 0 Å².